The van der Waals surface area contributed by atoms with Gasteiger partial charge in [-0.05, 0) is 35.6 Å². The van der Waals surface area contributed by atoms with Gasteiger partial charge in [0, 0.05) is 31.8 Å². The fraction of sp³-hybridized carbons (Fsp3) is 0.278. The first-order chi connectivity index (χ1) is 19.5. The summed E-state index contributed by atoms with van der Waals surface area (Å²) in [5, 5.41) is 3.12. The topological polar surface area (TPSA) is 49.4 Å². The minimum atomic E-state index is -0.625. The number of carbonyl (C=O) groups excluding carboxylic acids is 2. The minimum Gasteiger partial charge on any atom is -0.354 e. The van der Waals surface area contributed by atoms with Gasteiger partial charge in [-0.25, -0.2) is 0 Å². The van der Waals surface area contributed by atoms with Crippen LogP contribution in [0.1, 0.15) is 59.9 Å². The summed E-state index contributed by atoms with van der Waals surface area (Å²) in [5.74, 6) is -0.254. The third-order valence-electron chi connectivity index (χ3n) is 7.32. The highest BCUT2D eigenvalue weighted by Crippen LogP contribution is 2.30. The minimum absolute atomic E-state index is 0.0363. The molecule has 4 aromatic carbocycles. The molecule has 2 amide bonds. The Hall–Kier alpha value is -4.18. The lowest BCUT2D eigenvalue weighted by Crippen LogP contribution is -2.51. The molecular weight excluding hydrogens is 492 g/mol. The molecule has 0 radical (unpaired) electrons. The SMILES string of the molecule is CCCCNC(=O)[C@@H](Cc1ccccc1)N(Cc1cccc(C)c1)C(=O)CC(c1ccccc1)c1ccccc1. The molecule has 0 fully saturated rings. The maximum absolute atomic E-state index is 14.4. The van der Waals surface area contributed by atoms with E-state index in [1.165, 1.54) is 0 Å². The Morgan fingerprint density at radius 2 is 1.32 bits per heavy atom. The van der Waals surface area contributed by atoms with E-state index in [1.54, 1.807) is 0 Å². The van der Waals surface area contributed by atoms with Gasteiger partial charge in [-0.1, -0.05) is 134 Å². The zero-order valence-corrected chi connectivity index (χ0v) is 23.6. The summed E-state index contributed by atoms with van der Waals surface area (Å²) in [6.45, 7) is 5.13. The molecule has 0 aliphatic heterocycles. The summed E-state index contributed by atoms with van der Waals surface area (Å²) in [7, 11) is 0. The maximum Gasteiger partial charge on any atom is 0.243 e. The second-order valence-electron chi connectivity index (χ2n) is 10.4. The fourth-order valence-corrected chi connectivity index (χ4v) is 5.16. The molecule has 4 rings (SSSR count). The third kappa shape index (κ3) is 8.16. The summed E-state index contributed by atoms with van der Waals surface area (Å²) in [5.41, 5.74) is 5.35. The number of carbonyl (C=O) groups is 2. The number of unbranched alkanes of at least 4 members (excludes halogenated alkanes) is 1. The number of rotatable bonds is 13. The number of hydrogen-bond acceptors (Lipinski definition) is 2. The van der Waals surface area contributed by atoms with E-state index in [9.17, 15) is 9.59 Å². The number of nitrogens with one attached hydrogen (secondary N) is 1. The van der Waals surface area contributed by atoms with Crippen LogP contribution < -0.4 is 5.32 Å². The number of nitrogens with zero attached hydrogens (tertiary/aromatic N) is 1. The van der Waals surface area contributed by atoms with Crippen LogP contribution in [0.3, 0.4) is 0 Å². The molecule has 40 heavy (non-hydrogen) atoms. The number of aryl methyl sites for hydroxylation is 1. The Balaban J connectivity index is 1.71. The normalized spacial score (nSPS) is 11.7. The number of amides is 2. The molecule has 4 aromatic rings. The Labute approximate surface area is 239 Å². The lowest BCUT2D eigenvalue weighted by Gasteiger charge is -2.33. The highest BCUT2D eigenvalue weighted by Gasteiger charge is 2.32. The average Bonchev–Trinajstić information content (AvgIpc) is 2.99. The first-order valence-electron chi connectivity index (χ1n) is 14.3. The van der Waals surface area contributed by atoms with E-state index in [2.05, 4.69) is 55.6 Å². The van der Waals surface area contributed by atoms with Crippen molar-refractivity contribution in [2.45, 2.75) is 58.0 Å². The predicted octanol–water partition coefficient (Wildman–Crippen LogP) is 7.07. The Kier molecular flexibility index (Phi) is 10.7. The van der Waals surface area contributed by atoms with Gasteiger partial charge in [0.1, 0.15) is 6.04 Å². The molecule has 4 heteroatoms. The first-order valence-corrected chi connectivity index (χ1v) is 14.3. The van der Waals surface area contributed by atoms with E-state index < -0.39 is 6.04 Å². The van der Waals surface area contributed by atoms with E-state index in [0.717, 1.165) is 40.7 Å². The molecule has 1 N–H and O–H groups in total. The van der Waals surface area contributed by atoms with Gasteiger partial charge < -0.3 is 10.2 Å². The predicted molar refractivity (Wildman–Crippen MR) is 163 cm³/mol. The highest BCUT2D eigenvalue weighted by molar-refractivity contribution is 5.88. The molecule has 4 nitrogen and oxygen atoms in total. The number of benzene rings is 4. The fourth-order valence-electron chi connectivity index (χ4n) is 5.16. The van der Waals surface area contributed by atoms with Crippen LogP contribution in [0.5, 0.6) is 0 Å². The van der Waals surface area contributed by atoms with Gasteiger partial charge in [-0.3, -0.25) is 9.59 Å². The van der Waals surface area contributed by atoms with Gasteiger partial charge in [0.2, 0.25) is 11.8 Å². The molecule has 0 saturated carbocycles. The quantitative estimate of drug-likeness (QED) is 0.187. The zero-order chi connectivity index (χ0) is 28.2. The summed E-state index contributed by atoms with van der Waals surface area (Å²) in [6, 6.07) is 37.9. The summed E-state index contributed by atoms with van der Waals surface area (Å²) in [4.78, 5) is 30.0. The second kappa shape index (κ2) is 14.8. The van der Waals surface area contributed by atoms with E-state index in [0.29, 0.717) is 19.5 Å². The molecule has 1 atom stereocenters. The van der Waals surface area contributed by atoms with Crippen LogP contribution in [-0.2, 0) is 22.6 Å². The highest BCUT2D eigenvalue weighted by atomic mass is 16.2. The van der Waals surface area contributed by atoms with Crippen LogP contribution in [0, 0.1) is 6.92 Å². The maximum atomic E-state index is 14.4. The van der Waals surface area contributed by atoms with Crippen molar-refractivity contribution in [1.29, 1.82) is 0 Å². The van der Waals surface area contributed by atoms with E-state index in [4.69, 9.17) is 0 Å². The molecule has 0 spiro atoms. The van der Waals surface area contributed by atoms with Crippen molar-refractivity contribution in [3.8, 4) is 0 Å². The largest absolute Gasteiger partial charge is 0.354 e. The van der Waals surface area contributed by atoms with Crippen LogP contribution in [0.15, 0.2) is 115 Å². The molecule has 0 unspecified atom stereocenters. The van der Waals surface area contributed by atoms with Gasteiger partial charge in [-0.2, -0.15) is 0 Å². The molecule has 206 valence electrons. The van der Waals surface area contributed by atoms with Crippen molar-refractivity contribution in [2.24, 2.45) is 0 Å². The van der Waals surface area contributed by atoms with Crippen LogP contribution in [0.25, 0.3) is 0 Å². The summed E-state index contributed by atoms with van der Waals surface area (Å²) in [6.07, 6.45) is 2.62. The third-order valence-corrected chi connectivity index (χ3v) is 7.32. The molecule has 0 aliphatic rings. The average molecular weight is 533 g/mol. The van der Waals surface area contributed by atoms with E-state index in [1.807, 2.05) is 83.8 Å². The van der Waals surface area contributed by atoms with E-state index in [-0.39, 0.29) is 24.2 Å². The summed E-state index contributed by atoms with van der Waals surface area (Å²) >= 11 is 0. The second-order valence-corrected chi connectivity index (χ2v) is 10.4. The molecule has 0 heterocycles. The standard InChI is InChI=1S/C36H40N2O2/c1-3-4-23-37-36(40)34(25-29-16-8-5-9-17-29)38(27-30-18-14-15-28(2)24-30)35(39)26-33(31-19-10-6-11-20-31)32-21-12-7-13-22-32/h5-22,24,33-34H,3-4,23,25-27H2,1-2H3,(H,37,40)/t34-/m1/s1. The van der Waals surface area contributed by atoms with E-state index >= 15 is 0 Å². The van der Waals surface area contributed by atoms with Crippen LogP contribution in [0.2, 0.25) is 0 Å². The van der Waals surface area contributed by atoms with Crippen molar-refractivity contribution < 1.29 is 9.59 Å². The van der Waals surface area contributed by atoms with Gasteiger partial charge in [0.05, 0.1) is 0 Å². The van der Waals surface area contributed by atoms with Gasteiger partial charge in [0.15, 0.2) is 0 Å². The van der Waals surface area contributed by atoms with Gasteiger partial charge in [-0.15, -0.1) is 0 Å². The number of hydrogen-bond donors (Lipinski definition) is 1. The Morgan fingerprint density at radius 3 is 1.90 bits per heavy atom. The van der Waals surface area contributed by atoms with Crippen molar-refractivity contribution in [3.05, 3.63) is 143 Å². The summed E-state index contributed by atoms with van der Waals surface area (Å²) < 4.78 is 0. The zero-order valence-electron chi connectivity index (χ0n) is 23.6. The molecule has 0 bridgehead atoms. The first kappa shape index (κ1) is 28.8. The Bertz CT molecular complexity index is 1300. The smallest absolute Gasteiger partial charge is 0.243 e. The van der Waals surface area contributed by atoms with Crippen LogP contribution in [0.4, 0.5) is 0 Å². The molecule has 0 aromatic heterocycles. The van der Waals surface area contributed by atoms with Crippen LogP contribution >= 0.6 is 0 Å². The lowest BCUT2D eigenvalue weighted by atomic mass is 9.87. The molecule has 0 aliphatic carbocycles. The van der Waals surface area contributed by atoms with Crippen molar-refractivity contribution in [1.82, 2.24) is 10.2 Å². The van der Waals surface area contributed by atoms with Crippen molar-refractivity contribution >= 4 is 11.8 Å². The van der Waals surface area contributed by atoms with Crippen LogP contribution in [-0.4, -0.2) is 29.3 Å². The molecular formula is C36H40N2O2. The van der Waals surface area contributed by atoms with Gasteiger partial charge >= 0.3 is 0 Å². The monoisotopic (exact) mass is 532 g/mol. The van der Waals surface area contributed by atoms with Crippen molar-refractivity contribution in [2.75, 3.05) is 6.54 Å². The Morgan fingerprint density at radius 1 is 0.750 bits per heavy atom. The van der Waals surface area contributed by atoms with Crippen molar-refractivity contribution in [3.63, 3.8) is 0 Å². The molecule has 0 saturated heterocycles. The lowest BCUT2D eigenvalue weighted by molar-refractivity contribution is -0.141. The van der Waals surface area contributed by atoms with Gasteiger partial charge in [0.25, 0.3) is 0 Å².